The molecule has 0 aliphatic carbocycles. The molecule has 3 rings (SSSR count). The molecule has 0 saturated carbocycles. The zero-order valence-electron chi connectivity index (χ0n) is 14.8. The van der Waals surface area contributed by atoms with Gasteiger partial charge in [0, 0.05) is 37.8 Å². The molecule has 1 N–H and O–H groups in total. The Morgan fingerprint density at radius 2 is 2.28 bits per heavy atom. The number of nitrogens with one attached hydrogen (secondary N) is 1. The van der Waals surface area contributed by atoms with Gasteiger partial charge in [-0.05, 0) is 45.4 Å². The van der Waals surface area contributed by atoms with Crippen LogP contribution in [0.4, 0.5) is 0 Å². The monoisotopic (exact) mass is 343 g/mol. The summed E-state index contributed by atoms with van der Waals surface area (Å²) in [6.45, 7) is 6.18. The van der Waals surface area contributed by atoms with Gasteiger partial charge in [-0.1, -0.05) is 6.07 Å². The molecule has 1 fully saturated rings. The number of pyridine rings is 1. The summed E-state index contributed by atoms with van der Waals surface area (Å²) < 4.78 is 5.67. The van der Waals surface area contributed by atoms with E-state index in [0.29, 0.717) is 6.42 Å². The first kappa shape index (κ1) is 17.6. The van der Waals surface area contributed by atoms with E-state index in [1.54, 1.807) is 6.20 Å². The Bertz CT molecular complexity index is 670. The lowest BCUT2D eigenvalue weighted by atomic mass is 9.98. The first-order valence-electron chi connectivity index (χ1n) is 8.78. The van der Waals surface area contributed by atoms with Crippen LogP contribution in [0.3, 0.4) is 0 Å². The Labute approximate surface area is 148 Å². The molecule has 0 spiro atoms. The van der Waals surface area contributed by atoms with Crippen molar-refractivity contribution in [2.45, 2.75) is 51.3 Å². The zero-order valence-corrected chi connectivity index (χ0v) is 14.8. The fourth-order valence-corrected chi connectivity index (χ4v) is 3.39. The number of likely N-dealkylation sites (tertiary alicyclic amines) is 1. The van der Waals surface area contributed by atoms with Crippen LogP contribution in [0.25, 0.3) is 0 Å². The van der Waals surface area contributed by atoms with E-state index < -0.39 is 5.60 Å². The largest absolute Gasteiger partial charge is 0.482 e. The van der Waals surface area contributed by atoms with E-state index in [4.69, 9.17) is 4.74 Å². The molecule has 0 bridgehead atoms. The second-order valence-corrected chi connectivity index (χ2v) is 7.38. The van der Waals surface area contributed by atoms with Crippen molar-refractivity contribution >= 4 is 11.7 Å². The summed E-state index contributed by atoms with van der Waals surface area (Å²) in [5.74, 6) is -0.240. The number of allylic oxidation sites excluding steroid dienone is 1. The molecule has 6 heteroatoms. The molecule has 2 aliphatic rings. The lowest BCUT2D eigenvalue weighted by Gasteiger charge is -2.34. The minimum Gasteiger partial charge on any atom is -0.482 e. The van der Waals surface area contributed by atoms with Gasteiger partial charge in [-0.3, -0.25) is 19.5 Å². The standard InChI is InChI=1S/C19H25N3O3/c1-19(2)11-16(23)10-17(25-19)18(24)21-15-7-5-9-22(13-15)12-14-6-3-4-8-20-14/h3-4,6,8,10,15H,5,7,9,11-13H2,1-2H3,(H,21,24)/t15-/m1/s1. The van der Waals surface area contributed by atoms with Crippen molar-refractivity contribution in [3.8, 4) is 0 Å². The van der Waals surface area contributed by atoms with Crippen molar-refractivity contribution in [1.29, 1.82) is 0 Å². The van der Waals surface area contributed by atoms with Gasteiger partial charge in [0.25, 0.3) is 5.91 Å². The number of nitrogens with zero attached hydrogens (tertiary/aromatic N) is 2. The Morgan fingerprint density at radius 3 is 3.00 bits per heavy atom. The van der Waals surface area contributed by atoms with E-state index in [0.717, 1.165) is 38.2 Å². The van der Waals surface area contributed by atoms with Gasteiger partial charge in [0.1, 0.15) is 5.60 Å². The summed E-state index contributed by atoms with van der Waals surface area (Å²) in [4.78, 5) is 30.9. The smallest absolute Gasteiger partial charge is 0.286 e. The zero-order chi connectivity index (χ0) is 17.9. The van der Waals surface area contributed by atoms with Crippen molar-refractivity contribution in [3.05, 3.63) is 41.9 Å². The number of hydrogen-bond donors (Lipinski definition) is 1. The molecule has 2 aliphatic heterocycles. The van der Waals surface area contributed by atoms with Crippen LogP contribution in [0, 0.1) is 0 Å². The maximum absolute atomic E-state index is 12.5. The summed E-state index contributed by atoms with van der Waals surface area (Å²) in [6.07, 6.45) is 5.35. The maximum Gasteiger partial charge on any atom is 0.286 e. The number of aromatic nitrogens is 1. The average molecular weight is 343 g/mol. The van der Waals surface area contributed by atoms with Crippen LogP contribution in [0.5, 0.6) is 0 Å². The SMILES string of the molecule is CC1(C)CC(=O)C=C(C(=O)N[C@@H]2CCCN(Cc3ccccn3)C2)O1. The molecule has 1 amide bonds. The normalized spacial score (nSPS) is 23.5. The number of ketones is 1. The van der Waals surface area contributed by atoms with Gasteiger partial charge in [-0.25, -0.2) is 0 Å². The quantitative estimate of drug-likeness (QED) is 0.903. The summed E-state index contributed by atoms with van der Waals surface area (Å²) in [5, 5.41) is 3.02. The van der Waals surface area contributed by atoms with Crippen molar-refractivity contribution in [1.82, 2.24) is 15.2 Å². The first-order valence-corrected chi connectivity index (χ1v) is 8.78. The summed E-state index contributed by atoms with van der Waals surface area (Å²) in [6, 6.07) is 5.95. The molecule has 1 atom stereocenters. The first-order chi connectivity index (χ1) is 11.9. The highest BCUT2D eigenvalue weighted by Crippen LogP contribution is 2.25. The highest BCUT2D eigenvalue weighted by Gasteiger charge is 2.33. The van der Waals surface area contributed by atoms with E-state index in [9.17, 15) is 9.59 Å². The molecule has 6 nitrogen and oxygen atoms in total. The molecule has 0 radical (unpaired) electrons. The van der Waals surface area contributed by atoms with E-state index >= 15 is 0 Å². The van der Waals surface area contributed by atoms with E-state index in [1.807, 2.05) is 32.0 Å². The molecular weight excluding hydrogens is 318 g/mol. The molecule has 1 aromatic heterocycles. The molecule has 1 saturated heterocycles. The van der Waals surface area contributed by atoms with Crippen molar-refractivity contribution in [2.24, 2.45) is 0 Å². The number of piperidine rings is 1. The second kappa shape index (κ2) is 7.35. The lowest BCUT2D eigenvalue weighted by molar-refractivity contribution is -0.131. The predicted octanol–water partition coefficient (Wildman–Crippen LogP) is 1.81. The average Bonchev–Trinajstić information content (AvgIpc) is 2.54. The lowest BCUT2D eigenvalue weighted by Crippen LogP contribution is -2.48. The number of carbonyl (C=O) groups is 2. The van der Waals surface area contributed by atoms with Gasteiger partial charge in [0.05, 0.1) is 5.69 Å². The number of carbonyl (C=O) groups excluding carboxylic acids is 2. The second-order valence-electron chi connectivity index (χ2n) is 7.38. The van der Waals surface area contributed by atoms with Crippen molar-refractivity contribution in [3.63, 3.8) is 0 Å². The van der Waals surface area contributed by atoms with E-state index in [2.05, 4.69) is 15.2 Å². The fourth-order valence-electron chi connectivity index (χ4n) is 3.39. The van der Waals surface area contributed by atoms with Crippen LogP contribution in [-0.2, 0) is 20.9 Å². The number of rotatable bonds is 4. The number of amides is 1. The van der Waals surface area contributed by atoms with E-state index in [1.165, 1.54) is 6.08 Å². The minimum absolute atomic E-state index is 0.0506. The molecule has 1 aromatic rings. The topological polar surface area (TPSA) is 71.5 Å². The third-order valence-electron chi connectivity index (χ3n) is 4.45. The minimum atomic E-state index is -0.629. The van der Waals surface area contributed by atoms with E-state index in [-0.39, 0.29) is 23.5 Å². The van der Waals surface area contributed by atoms with Crippen molar-refractivity contribution < 1.29 is 14.3 Å². The molecular formula is C19H25N3O3. The number of hydrogen-bond acceptors (Lipinski definition) is 5. The van der Waals surface area contributed by atoms with Gasteiger partial charge in [-0.15, -0.1) is 0 Å². The van der Waals surface area contributed by atoms with Crippen molar-refractivity contribution in [2.75, 3.05) is 13.1 Å². The molecule has 25 heavy (non-hydrogen) atoms. The Hall–Kier alpha value is -2.21. The third kappa shape index (κ3) is 4.89. The highest BCUT2D eigenvalue weighted by molar-refractivity contribution is 6.01. The Morgan fingerprint density at radius 1 is 1.44 bits per heavy atom. The van der Waals surface area contributed by atoms with Gasteiger partial charge < -0.3 is 10.1 Å². The summed E-state index contributed by atoms with van der Waals surface area (Å²) in [5.41, 5.74) is 0.399. The molecule has 134 valence electrons. The van der Waals surface area contributed by atoms with Crippen LogP contribution in [0.15, 0.2) is 36.2 Å². The summed E-state index contributed by atoms with van der Waals surface area (Å²) >= 11 is 0. The molecule has 3 heterocycles. The van der Waals surface area contributed by atoms with Gasteiger partial charge in [-0.2, -0.15) is 0 Å². The van der Waals surface area contributed by atoms with Crippen LogP contribution >= 0.6 is 0 Å². The van der Waals surface area contributed by atoms with Gasteiger partial charge >= 0.3 is 0 Å². The highest BCUT2D eigenvalue weighted by atomic mass is 16.5. The van der Waals surface area contributed by atoms with Crippen LogP contribution < -0.4 is 5.32 Å². The van der Waals surface area contributed by atoms with Gasteiger partial charge in [0.15, 0.2) is 11.5 Å². The Balaban J connectivity index is 1.57. The fraction of sp³-hybridized carbons (Fsp3) is 0.526. The van der Waals surface area contributed by atoms with Crippen LogP contribution in [0.1, 0.15) is 38.8 Å². The van der Waals surface area contributed by atoms with Gasteiger partial charge in [0.2, 0.25) is 0 Å². The third-order valence-corrected chi connectivity index (χ3v) is 4.45. The summed E-state index contributed by atoms with van der Waals surface area (Å²) in [7, 11) is 0. The Kier molecular flexibility index (Phi) is 5.18. The molecule has 0 aromatic carbocycles. The van der Waals surface area contributed by atoms with Crippen LogP contribution in [-0.4, -0.2) is 46.3 Å². The van der Waals surface area contributed by atoms with Crippen LogP contribution in [0.2, 0.25) is 0 Å². The predicted molar refractivity (Wildman–Crippen MR) is 93.5 cm³/mol. The number of ether oxygens (including phenoxy) is 1. The maximum atomic E-state index is 12.5. The molecule has 0 unspecified atom stereocenters.